The number of hydrogen-bond donors (Lipinski definition) is 1. The summed E-state index contributed by atoms with van der Waals surface area (Å²) in [5.74, 6) is 1.01. The van der Waals surface area contributed by atoms with E-state index in [2.05, 4.69) is 55.8 Å². The van der Waals surface area contributed by atoms with Crippen molar-refractivity contribution in [3.05, 3.63) is 35.5 Å². The van der Waals surface area contributed by atoms with Gasteiger partial charge in [0.25, 0.3) is 0 Å². The van der Waals surface area contributed by atoms with Crippen LogP contribution < -0.4 is 10.2 Å². The summed E-state index contributed by atoms with van der Waals surface area (Å²) in [5, 5.41) is 11.3. The molecule has 0 unspecified atom stereocenters. The van der Waals surface area contributed by atoms with Gasteiger partial charge in [-0.2, -0.15) is 5.10 Å². The van der Waals surface area contributed by atoms with E-state index in [0.717, 1.165) is 51.6 Å². The van der Waals surface area contributed by atoms with Gasteiger partial charge in [-0.3, -0.25) is 9.67 Å². The van der Waals surface area contributed by atoms with Crippen LogP contribution in [0.5, 0.6) is 0 Å². The molecule has 0 radical (unpaired) electrons. The summed E-state index contributed by atoms with van der Waals surface area (Å²) in [6.07, 6.45) is 5.02. The lowest BCUT2D eigenvalue weighted by Gasteiger charge is -2.37. The van der Waals surface area contributed by atoms with Crippen LogP contribution >= 0.6 is 11.3 Å². The first-order chi connectivity index (χ1) is 11.8. The van der Waals surface area contributed by atoms with Gasteiger partial charge in [0.05, 0.1) is 11.2 Å². The number of hydrogen-bond acceptors (Lipinski definition) is 4. The highest BCUT2D eigenvalue weighted by atomic mass is 32.1. The second-order valence-corrected chi connectivity index (χ2v) is 6.96. The lowest BCUT2D eigenvalue weighted by atomic mass is 10.3. The summed E-state index contributed by atoms with van der Waals surface area (Å²) < 4.78 is 2.00. The summed E-state index contributed by atoms with van der Waals surface area (Å²) in [6.45, 7) is 8.04. The zero-order valence-corrected chi connectivity index (χ0v) is 15.3. The molecular weight excluding hydrogens is 320 g/mol. The van der Waals surface area contributed by atoms with Crippen LogP contribution in [0, 0.1) is 6.92 Å². The van der Waals surface area contributed by atoms with E-state index in [-0.39, 0.29) is 0 Å². The van der Waals surface area contributed by atoms with Crippen molar-refractivity contribution in [2.75, 3.05) is 44.7 Å². The monoisotopic (exact) mass is 346 g/mol. The van der Waals surface area contributed by atoms with E-state index < -0.39 is 0 Å². The number of aromatic nitrogens is 2. The Morgan fingerprint density at radius 1 is 1.33 bits per heavy atom. The largest absolute Gasteiger partial charge is 0.360 e. The molecule has 0 atom stereocenters. The van der Waals surface area contributed by atoms with Crippen molar-refractivity contribution < 1.29 is 0 Å². The summed E-state index contributed by atoms with van der Waals surface area (Å²) in [4.78, 5) is 9.24. The molecule has 3 rings (SSSR count). The molecule has 0 aromatic carbocycles. The number of nitrogens with zero attached hydrogens (tertiary/aromatic N) is 5. The average Bonchev–Trinajstić information content (AvgIpc) is 3.27. The normalized spacial score (nSPS) is 15.8. The molecule has 1 aliphatic heterocycles. The van der Waals surface area contributed by atoms with Crippen LogP contribution in [0.25, 0.3) is 0 Å². The standard InChI is InChI=1S/C17H26N6S/c1-15-13-20-23(14-15)7-4-6-19-17(18-2)22-10-8-21(9-11-22)16-5-3-12-24-16/h3,5,12-14H,4,6-11H2,1-2H3,(H,18,19). The van der Waals surface area contributed by atoms with E-state index in [4.69, 9.17) is 0 Å². The highest BCUT2D eigenvalue weighted by Crippen LogP contribution is 2.22. The first kappa shape index (κ1) is 16.8. The molecule has 130 valence electrons. The van der Waals surface area contributed by atoms with Gasteiger partial charge in [0.15, 0.2) is 5.96 Å². The maximum absolute atomic E-state index is 4.44. The number of piperazine rings is 1. The number of anilines is 1. The van der Waals surface area contributed by atoms with Crippen molar-refractivity contribution >= 4 is 22.3 Å². The minimum absolute atomic E-state index is 0.913. The van der Waals surface area contributed by atoms with Crippen LogP contribution in [0.2, 0.25) is 0 Å². The van der Waals surface area contributed by atoms with E-state index in [1.165, 1.54) is 10.6 Å². The maximum atomic E-state index is 4.44. The quantitative estimate of drug-likeness (QED) is 0.511. The van der Waals surface area contributed by atoms with Crippen molar-refractivity contribution in [3.8, 4) is 0 Å². The molecular formula is C17H26N6S. The number of nitrogens with one attached hydrogen (secondary N) is 1. The van der Waals surface area contributed by atoms with Gasteiger partial charge in [-0.25, -0.2) is 0 Å². The molecule has 6 nitrogen and oxygen atoms in total. The Morgan fingerprint density at radius 2 is 2.17 bits per heavy atom. The Balaban J connectivity index is 1.40. The zero-order chi connectivity index (χ0) is 16.8. The van der Waals surface area contributed by atoms with Gasteiger partial charge >= 0.3 is 0 Å². The second kappa shape index (κ2) is 8.19. The third-order valence-corrected chi connectivity index (χ3v) is 5.15. The van der Waals surface area contributed by atoms with Gasteiger partial charge in [0.2, 0.25) is 0 Å². The molecule has 0 saturated carbocycles. The SMILES string of the molecule is CN=C(NCCCn1cc(C)cn1)N1CCN(c2cccs2)CC1. The molecule has 3 heterocycles. The second-order valence-electron chi connectivity index (χ2n) is 6.03. The van der Waals surface area contributed by atoms with Crippen LogP contribution in [0.15, 0.2) is 34.9 Å². The third-order valence-electron chi connectivity index (χ3n) is 4.22. The number of thiophene rings is 1. The lowest BCUT2D eigenvalue weighted by molar-refractivity contribution is 0.372. The highest BCUT2D eigenvalue weighted by molar-refractivity contribution is 7.14. The van der Waals surface area contributed by atoms with Crippen LogP contribution in [0.1, 0.15) is 12.0 Å². The fourth-order valence-electron chi connectivity index (χ4n) is 2.95. The average molecular weight is 347 g/mol. The van der Waals surface area contributed by atoms with Crippen LogP contribution in [0.4, 0.5) is 5.00 Å². The molecule has 7 heteroatoms. The van der Waals surface area contributed by atoms with E-state index in [1.54, 1.807) is 0 Å². The summed E-state index contributed by atoms with van der Waals surface area (Å²) in [6, 6.07) is 4.32. The number of aliphatic imine (C=N–C) groups is 1. The Labute approximate surface area is 147 Å². The molecule has 0 aliphatic carbocycles. The first-order valence-electron chi connectivity index (χ1n) is 8.49. The fourth-order valence-corrected chi connectivity index (χ4v) is 3.74. The van der Waals surface area contributed by atoms with Gasteiger partial charge < -0.3 is 15.1 Å². The van der Waals surface area contributed by atoms with E-state index in [0.29, 0.717) is 0 Å². The van der Waals surface area contributed by atoms with Crippen molar-refractivity contribution in [3.63, 3.8) is 0 Å². The molecule has 0 amide bonds. The molecule has 1 N–H and O–H groups in total. The van der Waals surface area contributed by atoms with Gasteiger partial charge in [0, 0.05) is 52.5 Å². The van der Waals surface area contributed by atoms with Crippen LogP contribution in [-0.2, 0) is 6.54 Å². The zero-order valence-electron chi connectivity index (χ0n) is 14.5. The van der Waals surface area contributed by atoms with Crippen LogP contribution in [-0.4, -0.2) is 60.4 Å². The Kier molecular flexibility index (Phi) is 5.74. The van der Waals surface area contributed by atoms with Gasteiger partial charge in [0.1, 0.15) is 0 Å². The van der Waals surface area contributed by atoms with Gasteiger partial charge in [-0.15, -0.1) is 11.3 Å². The minimum Gasteiger partial charge on any atom is -0.360 e. The van der Waals surface area contributed by atoms with E-state index >= 15 is 0 Å². The fraction of sp³-hybridized carbons (Fsp3) is 0.529. The van der Waals surface area contributed by atoms with Crippen molar-refractivity contribution in [1.82, 2.24) is 20.0 Å². The van der Waals surface area contributed by atoms with Gasteiger partial charge in [-0.05, 0) is 36.4 Å². The van der Waals surface area contributed by atoms with Crippen LogP contribution in [0.3, 0.4) is 0 Å². The topological polar surface area (TPSA) is 48.7 Å². The third kappa shape index (κ3) is 4.29. The predicted molar refractivity (Wildman–Crippen MR) is 101 cm³/mol. The van der Waals surface area contributed by atoms with Crippen molar-refractivity contribution in [1.29, 1.82) is 0 Å². The molecule has 0 spiro atoms. The summed E-state index contributed by atoms with van der Waals surface area (Å²) in [5.41, 5.74) is 1.21. The number of guanidine groups is 1. The van der Waals surface area contributed by atoms with Crippen molar-refractivity contribution in [2.24, 2.45) is 4.99 Å². The molecule has 1 aliphatic rings. The molecule has 2 aromatic heterocycles. The molecule has 2 aromatic rings. The number of rotatable bonds is 5. The highest BCUT2D eigenvalue weighted by Gasteiger charge is 2.19. The molecule has 1 saturated heterocycles. The summed E-state index contributed by atoms with van der Waals surface area (Å²) in [7, 11) is 1.87. The van der Waals surface area contributed by atoms with E-state index in [1.807, 2.05) is 29.3 Å². The Bertz CT molecular complexity index is 640. The Morgan fingerprint density at radius 3 is 2.79 bits per heavy atom. The first-order valence-corrected chi connectivity index (χ1v) is 9.37. The minimum atomic E-state index is 0.913. The maximum Gasteiger partial charge on any atom is 0.193 e. The Hall–Kier alpha value is -2.02. The molecule has 0 bridgehead atoms. The van der Waals surface area contributed by atoms with E-state index in [9.17, 15) is 0 Å². The molecule has 1 fully saturated rings. The van der Waals surface area contributed by atoms with Gasteiger partial charge in [-0.1, -0.05) is 0 Å². The predicted octanol–water partition coefficient (Wildman–Crippen LogP) is 2.04. The summed E-state index contributed by atoms with van der Waals surface area (Å²) >= 11 is 1.81. The number of aryl methyl sites for hydroxylation is 2. The van der Waals surface area contributed by atoms with Crippen molar-refractivity contribution in [2.45, 2.75) is 19.9 Å². The molecule has 24 heavy (non-hydrogen) atoms. The lowest BCUT2D eigenvalue weighted by Crippen LogP contribution is -2.52. The smallest absolute Gasteiger partial charge is 0.193 e.